The summed E-state index contributed by atoms with van der Waals surface area (Å²) in [4.78, 5) is 15.6. The molecule has 0 radical (unpaired) electrons. The molecule has 236 valence electrons. The van der Waals surface area contributed by atoms with E-state index in [9.17, 15) is 0 Å². The van der Waals surface area contributed by atoms with Crippen molar-refractivity contribution in [3.05, 3.63) is 175 Å². The summed E-state index contributed by atoms with van der Waals surface area (Å²) >= 11 is 0. The molecule has 9 aromatic rings. The first-order valence-corrected chi connectivity index (χ1v) is 17.1. The van der Waals surface area contributed by atoms with Gasteiger partial charge >= 0.3 is 0 Å². The number of para-hydroxylation sites is 3. The molecule has 0 saturated heterocycles. The highest BCUT2D eigenvalue weighted by Crippen LogP contribution is 2.39. The van der Waals surface area contributed by atoms with E-state index in [4.69, 9.17) is 15.0 Å². The van der Waals surface area contributed by atoms with Crippen molar-refractivity contribution < 1.29 is 0 Å². The Bertz CT molecular complexity index is 2700. The van der Waals surface area contributed by atoms with Crippen LogP contribution in [0.2, 0.25) is 0 Å². The van der Waals surface area contributed by atoms with Crippen molar-refractivity contribution in [3.63, 3.8) is 0 Å². The maximum atomic E-state index is 5.26. The molecular formula is C45H31N5. The van der Waals surface area contributed by atoms with Crippen molar-refractivity contribution in [3.8, 4) is 34.4 Å². The fraction of sp³-hybridized carbons (Fsp3) is 0.0444. The number of aromatic nitrogens is 5. The number of nitrogens with zero attached hydrogens (tertiary/aromatic N) is 5. The first kappa shape index (κ1) is 28.4. The Balaban J connectivity index is 1.18. The van der Waals surface area contributed by atoms with Crippen LogP contribution in [-0.4, -0.2) is 24.1 Å². The Morgan fingerprint density at radius 3 is 1.64 bits per heavy atom. The lowest BCUT2D eigenvalue weighted by atomic mass is 9.91. The van der Waals surface area contributed by atoms with Crippen molar-refractivity contribution in [1.82, 2.24) is 24.1 Å². The van der Waals surface area contributed by atoms with Gasteiger partial charge in [-0.25, -0.2) is 4.98 Å². The zero-order valence-corrected chi connectivity index (χ0v) is 27.2. The highest BCUT2D eigenvalue weighted by molar-refractivity contribution is 6.09. The van der Waals surface area contributed by atoms with Crippen molar-refractivity contribution in [2.75, 3.05) is 0 Å². The van der Waals surface area contributed by atoms with Gasteiger partial charge in [0.15, 0.2) is 11.6 Å². The minimum Gasteiger partial charge on any atom is -0.309 e. The smallest absolute Gasteiger partial charge is 0.238 e. The third-order valence-electron chi connectivity index (χ3n) is 9.91. The zero-order valence-electron chi connectivity index (χ0n) is 27.2. The second-order valence-electron chi connectivity index (χ2n) is 12.8. The lowest BCUT2D eigenvalue weighted by Gasteiger charge is -2.17. The normalized spacial score (nSPS) is 12.8. The third-order valence-corrected chi connectivity index (χ3v) is 9.91. The Morgan fingerprint density at radius 1 is 0.420 bits per heavy atom. The standard InChI is InChI=1S/C45H31N5/c1-3-14-30(15-4-1)32-26-27-42-38(29-32)37-22-9-12-25-41(37)50(42)45-47-43(31-16-5-2-6-17-31)46-44(48-45)33-18-13-19-34(28-33)49-39-23-10-7-20-35(39)36-21-8-11-24-40(36)49/h1-25,28-29H,26-27H2. The number of rotatable bonds is 5. The molecule has 0 N–H and O–H groups in total. The lowest BCUT2D eigenvalue weighted by molar-refractivity contribution is 0.844. The van der Waals surface area contributed by atoms with Gasteiger partial charge in [0.1, 0.15) is 0 Å². The van der Waals surface area contributed by atoms with E-state index in [0.717, 1.165) is 35.2 Å². The molecule has 3 heterocycles. The zero-order chi connectivity index (χ0) is 33.0. The number of benzene rings is 6. The molecule has 0 unspecified atom stereocenters. The van der Waals surface area contributed by atoms with Crippen molar-refractivity contribution in [2.24, 2.45) is 0 Å². The predicted octanol–water partition coefficient (Wildman–Crippen LogP) is 10.7. The van der Waals surface area contributed by atoms with Crippen LogP contribution in [0.1, 0.15) is 23.2 Å². The van der Waals surface area contributed by atoms with Gasteiger partial charge in [-0.1, -0.05) is 127 Å². The molecule has 10 rings (SSSR count). The highest BCUT2D eigenvalue weighted by Gasteiger charge is 2.24. The number of hydrogen-bond donors (Lipinski definition) is 0. The Morgan fingerprint density at radius 2 is 0.960 bits per heavy atom. The van der Waals surface area contributed by atoms with Gasteiger partial charge in [-0.05, 0) is 60.4 Å². The van der Waals surface area contributed by atoms with Crippen LogP contribution < -0.4 is 0 Å². The van der Waals surface area contributed by atoms with E-state index < -0.39 is 0 Å². The van der Waals surface area contributed by atoms with Crippen LogP contribution in [0.15, 0.2) is 158 Å². The predicted molar refractivity (Wildman–Crippen MR) is 205 cm³/mol. The number of hydrogen-bond acceptors (Lipinski definition) is 3. The first-order valence-electron chi connectivity index (χ1n) is 17.1. The molecule has 1 aliphatic carbocycles. The molecule has 5 heteroatoms. The Kier molecular flexibility index (Phi) is 6.56. The molecule has 0 amide bonds. The van der Waals surface area contributed by atoms with Crippen molar-refractivity contribution >= 4 is 44.4 Å². The Hall–Kier alpha value is -6.59. The molecule has 0 fully saturated rings. The number of allylic oxidation sites excluding steroid dienone is 1. The summed E-state index contributed by atoms with van der Waals surface area (Å²) in [6.07, 6.45) is 4.19. The molecule has 0 aliphatic heterocycles. The summed E-state index contributed by atoms with van der Waals surface area (Å²) in [5, 5.41) is 3.67. The van der Waals surface area contributed by atoms with Crippen molar-refractivity contribution in [2.45, 2.75) is 12.8 Å². The van der Waals surface area contributed by atoms with Crippen LogP contribution in [-0.2, 0) is 6.42 Å². The summed E-state index contributed by atoms with van der Waals surface area (Å²) in [5.74, 6) is 1.92. The van der Waals surface area contributed by atoms with Crippen molar-refractivity contribution in [1.29, 1.82) is 0 Å². The largest absolute Gasteiger partial charge is 0.309 e. The highest BCUT2D eigenvalue weighted by atomic mass is 15.2. The molecular weight excluding hydrogens is 611 g/mol. The monoisotopic (exact) mass is 641 g/mol. The van der Waals surface area contributed by atoms with E-state index in [0.29, 0.717) is 17.6 Å². The maximum Gasteiger partial charge on any atom is 0.238 e. The fourth-order valence-electron chi connectivity index (χ4n) is 7.63. The molecule has 50 heavy (non-hydrogen) atoms. The van der Waals surface area contributed by atoms with Crippen LogP contribution in [0.3, 0.4) is 0 Å². The van der Waals surface area contributed by atoms with Gasteiger partial charge in [0.2, 0.25) is 5.95 Å². The Labute approximate surface area is 289 Å². The van der Waals surface area contributed by atoms with Crippen LogP contribution in [0.25, 0.3) is 78.8 Å². The van der Waals surface area contributed by atoms with E-state index in [1.54, 1.807) is 0 Å². The number of fused-ring (bicyclic) bond motifs is 6. The summed E-state index contributed by atoms with van der Waals surface area (Å²) in [7, 11) is 0. The molecule has 0 atom stereocenters. The first-order chi connectivity index (χ1) is 24.8. The minimum absolute atomic E-state index is 0.630. The van der Waals surface area contributed by atoms with Crippen LogP contribution in [0, 0.1) is 0 Å². The fourth-order valence-corrected chi connectivity index (χ4v) is 7.63. The molecule has 0 bridgehead atoms. The van der Waals surface area contributed by atoms with Crippen LogP contribution in [0.4, 0.5) is 0 Å². The summed E-state index contributed by atoms with van der Waals surface area (Å²) < 4.78 is 4.60. The lowest BCUT2D eigenvalue weighted by Crippen LogP contribution is -2.11. The second-order valence-corrected chi connectivity index (χ2v) is 12.8. The van der Waals surface area contributed by atoms with Gasteiger partial charge in [0.05, 0.1) is 16.6 Å². The molecule has 1 aliphatic rings. The summed E-state index contributed by atoms with van der Waals surface area (Å²) in [6.45, 7) is 0. The van der Waals surface area contributed by atoms with E-state index in [1.807, 2.05) is 18.2 Å². The summed E-state index contributed by atoms with van der Waals surface area (Å²) in [5.41, 5.74) is 11.5. The summed E-state index contributed by atoms with van der Waals surface area (Å²) in [6, 6.07) is 55.3. The molecule has 5 nitrogen and oxygen atoms in total. The molecule has 3 aromatic heterocycles. The van der Waals surface area contributed by atoms with E-state index in [1.165, 1.54) is 49.6 Å². The van der Waals surface area contributed by atoms with Gasteiger partial charge in [-0.3, -0.25) is 4.57 Å². The molecule has 0 spiro atoms. The van der Waals surface area contributed by atoms with Gasteiger partial charge in [-0.2, -0.15) is 9.97 Å². The third kappa shape index (κ3) is 4.59. The topological polar surface area (TPSA) is 48.5 Å². The second kappa shape index (κ2) is 11.5. The molecule has 6 aromatic carbocycles. The van der Waals surface area contributed by atoms with Gasteiger partial charge in [0.25, 0.3) is 0 Å². The van der Waals surface area contributed by atoms with E-state index in [-0.39, 0.29) is 0 Å². The average molecular weight is 642 g/mol. The quantitative estimate of drug-likeness (QED) is 0.188. The molecule has 0 saturated carbocycles. The average Bonchev–Trinajstić information content (AvgIpc) is 3.71. The van der Waals surface area contributed by atoms with E-state index in [2.05, 4.69) is 155 Å². The van der Waals surface area contributed by atoms with Gasteiger partial charge < -0.3 is 4.57 Å². The van der Waals surface area contributed by atoms with Gasteiger partial charge in [-0.15, -0.1) is 0 Å². The maximum absolute atomic E-state index is 5.26. The van der Waals surface area contributed by atoms with Gasteiger partial charge in [0, 0.05) is 44.2 Å². The van der Waals surface area contributed by atoms with Crippen LogP contribution in [0.5, 0.6) is 0 Å². The van der Waals surface area contributed by atoms with E-state index >= 15 is 0 Å². The van der Waals surface area contributed by atoms with Crippen LogP contribution >= 0.6 is 0 Å². The SMILES string of the molecule is C1=C(c2ccccc2)CCc2c1c1ccccc1n2-c1nc(-c2ccccc2)nc(-c2cccc(-n3c4ccccc4c4ccccc43)c2)n1. The minimum atomic E-state index is 0.630.